The van der Waals surface area contributed by atoms with E-state index in [9.17, 15) is 0 Å². The Morgan fingerprint density at radius 2 is 1.94 bits per heavy atom. The minimum Gasteiger partial charge on any atom is -0.421 e. The summed E-state index contributed by atoms with van der Waals surface area (Å²) < 4.78 is 5.63. The van der Waals surface area contributed by atoms with E-state index in [1.165, 1.54) is 6.42 Å². The molecule has 4 nitrogen and oxygen atoms in total. The number of aryl methyl sites for hydroxylation is 1. The van der Waals surface area contributed by atoms with Gasteiger partial charge in [-0.05, 0) is 38.1 Å². The van der Waals surface area contributed by atoms with Crippen LogP contribution in [0.2, 0.25) is 0 Å². The molecule has 0 unspecified atom stereocenters. The number of nitrogens with zero attached hydrogens (tertiary/aromatic N) is 2. The maximum absolute atomic E-state index is 5.63. The van der Waals surface area contributed by atoms with Crippen LogP contribution in [0.3, 0.4) is 0 Å². The second-order valence-electron chi connectivity index (χ2n) is 4.22. The van der Waals surface area contributed by atoms with Crippen molar-refractivity contribution in [2.24, 2.45) is 0 Å². The molecule has 0 aliphatic rings. The Bertz CT molecular complexity index is 453. The first kappa shape index (κ1) is 12.8. The molecule has 0 saturated heterocycles. The van der Waals surface area contributed by atoms with Gasteiger partial charge in [0.25, 0.3) is 0 Å². The van der Waals surface area contributed by atoms with Crippen molar-refractivity contribution in [3.63, 3.8) is 0 Å². The third-order valence-corrected chi connectivity index (χ3v) is 2.66. The van der Waals surface area contributed by atoms with Gasteiger partial charge in [0, 0.05) is 12.0 Å². The summed E-state index contributed by atoms with van der Waals surface area (Å²) in [5.41, 5.74) is 0.973. The summed E-state index contributed by atoms with van der Waals surface area (Å²) >= 11 is 0. The Hall–Kier alpha value is -1.68. The van der Waals surface area contributed by atoms with E-state index < -0.39 is 0 Å². The molecule has 1 N–H and O–H groups in total. The van der Waals surface area contributed by atoms with Gasteiger partial charge in [0.1, 0.15) is 0 Å². The summed E-state index contributed by atoms with van der Waals surface area (Å²) in [5.74, 6) is 1.32. The van der Waals surface area contributed by atoms with E-state index in [4.69, 9.17) is 4.42 Å². The maximum atomic E-state index is 5.63. The first-order chi connectivity index (χ1) is 8.90. The molecule has 18 heavy (non-hydrogen) atoms. The van der Waals surface area contributed by atoms with Crippen molar-refractivity contribution >= 4 is 0 Å². The predicted octanol–water partition coefficient (Wildman–Crippen LogP) is 2.67. The van der Waals surface area contributed by atoms with Crippen molar-refractivity contribution in [3.8, 4) is 11.5 Å². The number of rotatable bonds is 7. The molecule has 1 aromatic heterocycles. The van der Waals surface area contributed by atoms with Crippen LogP contribution < -0.4 is 5.32 Å². The number of hydrogen-bond donors (Lipinski definition) is 1. The van der Waals surface area contributed by atoms with E-state index in [1.54, 1.807) is 0 Å². The summed E-state index contributed by atoms with van der Waals surface area (Å²) in [6.45, 7) is 4.23. The SMILES string of the molecule is CCCNCCCc1nnc(-c2ccccc2)o1. The first-order valence-corrected chi connectivity index (χ1v) is 6.48. The standard InChI is InChI=1S/C14H19N3O/c1-2-10-15-11-6-9-13-16-17-14(18-13)12-7-4-3-5-8-12/h3-5,7-8,15H,2,6,9-11H2,1H3. The Labute approximate surface area is 107 Å². The van der Waals surface area contributed by atoms with E-state index in [2.05, 4.69) is 22.4 Å². The third kappa shape index (κ3) is 3.67. The van der Waals surface area contributed by atoms with Gasteiger partial charge < -0.3 is 9.73 Å². The van der Waals surface area contributed by atoms with Gasteiger partial charge in [0.05, 0.1) is 0 Å². The molecule has 2 rings (SSSR count). The lowest BCUT2D eigenvalue weighted by atomic mass is 10.2. The van der Waals surface area contributed by atoms with Crippen LogP contribution in [0.25, 0.3) is 11.5 Å². The molecular weight excluding hydrogens is 226 g/mol. The second-order valence-corrected chi connectivity index (χ2v) is 4.22. The molecule has 0 aliphatic carbocycles. The summed E-state index contributed by atoms with van der Waals surface area (Å²) in [6, 6.07) is 9.85. The van der Waals surface area contributed by atoms with Gasteiger partial charge >= 0.3 is 0 Å². The zero-order chi connectivity index (χ0) is 12.6. The number of aromatic nitrogens is 2. The molecule has 96 valence electrons. The van der Waals surface area contributed by atoms with Crippen LogP contribution in [0.15, 0.2) is 34.7 Å². The van der Waals surface area contributed by atoms with Gasteiger partial charge in [-0.3, -0.25) is 0 Å². The van der Waals surface area contributed by atoms with Crippen molar-refractivity contribution in [1.82, 2.24) is 15.5 Å². The zero-order valence-electron chi connectivity index (χ0n) is 10.7. The minimum atomic E-state index is 0.604. The minimum absolute atomic E-state index is 0.604. The normalized spacial score (nSPS) is 10.7. The van der Waals surface area contributed by atoms with Crippen molar-refractivity contribution in [3.05, 3.63) is 36.2 Å². The molecule has 1 aromatic carbocycles. The number of benzene rings is 1. The molecule has 0 aliphatic heterocycles. The highest BCUT2D eigenvalue weighted by Crippen LogP contribution is 2.17. The molecule has 0 spiro atoms. The van der Waals surface area contributed by atoms with Crippen LogP contribution in [0.5, 0.6) is 0 Å². The fourth-order valence-corrected chi connectivity index (χ4v) is 1.72. The predicted molar refractivity (Wildman–Crippen MR) is 71.2 cm³/mol. The summed E-state index contributed by atoms with van der Waals surface area (Å²) in [6.07, 6.45) is 3.02. The van der Waals surface area contributed by atoms with Gasteiger partial charge in [-0.25, -0.2) is 0 Å². The van der Waals surface area contributed by atoms with Crippen LogP contribution in [0.1, 0.15) is 25.7 Å². The maximum Gasteiger partial charge on any atom is 0.247 e. The Kier molecular flexibility index (Phi) is 4.90. The summed E-state index contributed by atoms with van der Waals surface area (Å²) in [4.78, 5) is 0. The smallest absolute Gasteiger partial charge is 0.247 e. The van der Waals surface area contributed by atoms with Crippen LogP contribution in [0, 0.1) is 0 Å². The van der Waals surface area contributed by atoms with Crippen molar-refractivity contribution in [2.45, 2.75) is 26.2 Å². The molecule has 0 amide bonds. The van der Waals surface area contributed by atoms with Gasteiger partial charge in [0.2, 0.25) is 11.8 Å². The Morgan fingerprint density at radius 3 is 2.72 bits per heavy atom. The van der Waals surface area contributed by atoms with Crippen molar-refractivity contribution in [2.75, 3.05) is 13.1 Å². The Balaban J connectivity index is 1.83. The average molecular weight is 245 g/mol. The highest BCUT2D eigenvalue weighted by molar-refractivity contribution is 5.51. The molecule has 0 saturated carbocycles. The molecule has 1 heterocycles. The van der Waals surface area contributed by atoms with E-state index in [0.29, 0.717) is 11.8 Å². The molecule has 0 fully saturated rings. The fraction of sp³-hybridized carbons (Fsp3) is 0.429. The average Bonchev–Trinajstić information content (AvgIpc) is 2.88. The van der Waals surface area contributed by atoms with E-state index in [1.807, 2.05) is 30.3 Å². The van der Waals surface area contributed by atoms with Crippen LogP contribution >= 0.6 is 0 Å². The van der Waals surface area contributed by atoms with Gasteiger partial charge in [-0.2, -0.15) is 0 Å². The summed E-state index contributed by atoms with van der Waals surface area (Å²) in [5, 5.41) is 11.5. The van der Waals surface area contributed by atoms with Gasteiger partial charge in [-0.1, -0.05) is 25.1 Å². The van der Waals surface area contributed by atoms with Crippen molar-refractivity contribution in [1.29, 1.82) is 0 Å². The lowest BCUT2D eigenvalue weighted by Gasteiger charge is -1.99. The molecule has 0 bridgehead atoms. The lowest BCUT2D eigenvalue weighted by Crippen LogP contribution is -2.16. The highest BCUT2D eigenvalue weighted by Gasteiger charge is 2.07. The largest absolute Gasteiger partial charge is 0.421 e. The van der Waals surface area contributed by atoms with Crippen LogP contribution in [-0.4, -0.2) is 23.3 Å². The number of nitrogens with one attached hydrogen (secondary N) is 1. The topological polar surface area (TPSA) is 51.0 Å². The first-order valence-electron chi connectivity index (χ1n) is 6.48. The van der Waals surface area contributed by atoms with E-state index in [0.717, 1.165) is 31.5 Å². The number of hydrogen-bond acceptors (Lipinski definition) is 4. The van der Waals surface area contributed by atoms with Crippen molar-refractivity contribution < 1.29 is 4.42 Å². The molecular formula is C14H19N3O. The van der Waals surface area contributed by atoms with E-state index >= 15 is 0 Å². The molecule has 0 atom stereocenters. The van der Waals surface area contributed by atoms with Crippen LogP contribution in [-0.2, 0) is 6.42 Å². The van der Waals surface area contributed by atoms with Gasteiger partial charge in [0.15, 0.2) is 0 Å². The zero-order valence-corrected chi connectivity index (χ0v) is 10.7. The van der Waals surface area contributed by atoms with Crippen LogP contribution in [0.4, 0.5) is 0 Å². The molecule has 2 aromatic rings. The Morgan fingerprint density at radius 1 is 1.11 bits per heavy atom. The van der Waals surface area contributed by atoms with E-state index in [-0.39, 0.29) is 0 Å². The molecule has 0 radical (unpaired) electrons. The quantitative estimate of drug-likeness (QED) is 0.762. The fourth-order valence-electron chi connectivity index (χ4n) is 1.72. The summed E-state index contributed by atoms with van der Waals surface area (Å²) in [7, 11) is 0. The highest BCUT2D eigenvalue weighted by atomic mass is 16.4. The van der Waals surface area contributed by atoms with Gasteiger partial charge in [-0.15, -0.1) is 10.2 Å². The second kappa shape index (κ2) is 6.91. The molecule has 4 heteroatoms. The lowest BCUT2D eigenvalue weighted by molar-refractivity contribution is 0.491. The monoisotopic (exact) mass is 245 g/mol. The third-order valence-electron chi connectivity index (χ3n) is 2.66.